The number of hydrogen-bond donors (Lipinski definition) is 1. The summed E-state index contributed by atoms with van der Waals surface area (Å²) in [7, 11) is 1.57. The van der Waals surface area contributed by atoms with Gasteiger partial charge in [0.15, 0.2) is 0 Å². The molecule has 0 aliphatic heterocycles. The third-order valence-corrected chi connectivity index (χ3v) is 1.80. The van der Waals surface area contributed by atoms with Crippen LogP contribution in [-0.2, 0) is 16.1 Å². The minimum Gasteiger partial charge on any atom is -0.392 e. The molecule has 1 heterocycles. The van der Waals surface area contributed by atoms with Gasteiger partial charge in [-0.25, -0.2) is 0 Å². The van der Waals surface area contributed by atoms with Crippen molar-refractivity contribution in [3.05, 3.63) is 29.6 Å². The van der Waals surface area contributed by atoms with Crippen molar-refractivity contribution in [3.63, 3.8) is 0 Å². The average Bonchev–Trinajstić information content (AvgIpc) is 2.26. The normalized spacial score (nSPS) is 12.8. The van der Waals surface area contributed by atoms with Crippen LogP contribution < -0.4 is 0 Å². The summed E-state index contributed by atoms with van der Waals surface area (Å²) in [5, 5.41) is 8.83. The average molecular weight is 197 g/mol. The van der Waals surface area contributed by atoms with Crippen molar-refractivity contribution in [1.29, 1.82) is 0 Å². The Kier molecular flexibility index (Phi) is 4.52. The van der Waals surface area contributed by atoms with Crippen LogP contribution in [0.1, 0.15) is 24.5 Å². The maximum absolute atomic E-state index is 8.83. The number of aliphatic hydroxyl groups is 1. The van der Waals surface area contributed by atoms with Crippen molar-refractivity contribution >= 4 is 0 Å². The smallest absolute Gasteiger partial charge is 0.200 e. The Labute approximate surface area is 83.5 Å². The summed E-state index contributed by atoms with van der Waals surface area (Å²) in [4.78, 5) is 4.13. The van der Waals surface area contributed by atoms with Crippen LogP contribution in [-0.4, -0.2) is 23.8 Å². The highest BCUT2D eigenvalue weighted by Gasteiger charge is 2.10. The third-order valence-electron chi connectivity index (χ3n) is 1.80. The predicted molar refractivity (Wildman–Crippen MR) is 51.5 cm³/mol. The number of methoxy groups -OCH3 is 1. The van der Waals surface area contributed by atoms with Gasteiger partial charge < -0.3 is 14.6 Å². The largest absolute Gasteiger partial charge is 0.392 e. The van der Waals surface area contributed by atoms with E-state index in [4.69, 9.17) is 14.6 Å². The fourth-order valence-corrected chi connectivity index (χ4v) is 1.09. The molecule has 14 heavy (non-hydrogen) atoms. The van der Waals surface area contributed by atoms with Crippen LogP contribution in [0.2, 0.25) is 0 Å². The van der Waals surface area contributed by atoms with Crippen molar-refractivity contribution < 1.29 is 14.6 Å². The van der Waals surface area contributed by atoms with Gasteiger partial charge in [0.05, 0.1) is 12.3 Å². The van der Waals surface area contributed by atoms with Crippen LogP contribution in [0.5, 0.6) is 0 Å². The maximum atomic E-state index is 8.83. The first kappa shape index (κ1) is 11.1. The second-order valence-corrected chi connectivity index (χ2v) is 2.77. The van der Waals surface area contributed by atoms with E-state index in [9.17, 15) is 0 Å². The molecule has 4 heteroatoms. The Morgan fingerprint density at radius 2 is 2.29 bits per heavy atom. The molecule has 1 aromatic heterocycles. The van der Waals surface area contributed by atoms with E-state index in [1.807, 2.05) is 6.92 Å². The number of aliphatic hydroxyl groups excluding tert-OH is 1. The Morgan fingerprint density at radius 1 is 1.50 bits per heavy atom. The molecular weight excluding hydrogens is 182 g/mol. The fraction of sp³-hybridized carbons (Fsp3) is 0.500. The zero-order valence-corrected chi connectivity index (χ0v) is 8.43. The zero-order chi connectivity index (χ0) is 10.4. The number of hydrogen-bond acceptors (Lipinski definition) is 4. The van der Waals surface area contributed by atoms with Gasteiger partial charge in [-0.2, -0.15) is 0 Å². The first-order valence-corrected chi connectivity index (χ1v) is 4.52. The van der Waals surface area contributed by atoms with E-state index < -0.39 is 6.29 Å². The summed E-state index contributed by atoms with van der Waals surface area (Å²) in [6.45, 7) is 2.47. The lowest BCUT2D eigenvalue weighted by Crippen LogP contribution is -2.08. The Balaban J connectivity index is 2.73. The van der Waals surface area contributed by atoms with E-state index in [1.54, 1.807) is 25.4 Å². The van der Waals surface area contributed by atoms with Gasteiger partial charge in [-0.15, -0.1) is 0 Å². The second-order valence-electron chi connectivity index (χ2n) is 2.77. The van der Waals surface area contributed by atoms with E-state index in [0.29, 0.717) is 12.3 Å². The maximum Gasteiger partial charge on any atom is 0.200 e. The minimum absolute atomic E-state index is 0.000433. The van der Waals surface area contributed by atoms with Gasteiger partial charge in [0.2, 0.25) is 6.29 Å². The molecule has 0 spiro atoms. The molecule has 0 radical (unpaired) electrons. The van der Waals surface area contributed by atoms with Crippen molar-refractivity contribution in [2.45, 2.75) is 19.8 Å². The molecule has 4 nitrogen and oxygen atoms in total. The highest BCUT2D eigenvalue weighted by Crippen LogP contribution is 2.15. The quantitative estimate of drug-likeness (QED) is 0.722. The van der Waals surface area contributed by atoms with Crippen molar-refractivity contribution in [1.82, 2.24) is 4.98 Å². The predicted octanol–water partition coefficient (Wildman–Crippen LogP) is 1.26. The summed E-state index contributed by atoms with van der Waals surface area (Å²) in [5.74, 6) is 0. The van der Waals surface area contributed by atoms with Gasteiger partial charge in [-0.1, -0.05) is 6.07 Å². The number of pyridine rings is 1. The van der Waals surface area contributed by atoms with Crippen molar-refractivity contribution in [2.75, 3.05) is 13.7 Å². The molecule has 1 rings (SSSR count). The Bertz CT molecular complexity index is 261. The van der Waals surface area contributed by atoms with E-state index in [1.165, 1.54) is 0 Å². The van der Waals surface area contributed by atoms with E-state index >= 15 is 0 Å². The van der Waals surface area contributed by atoms with Crippen LogP contribution in [0.4, 0.5) is 0 Å². The standard InChI is InChI=1S/C10H15NO3/c1-3-14-10(13-2)9-5-4-8(7-12)6-11-9/h4-6,10,12H,3,7H2,1-2H3. The van der Waals surface area contributed by atoms with Gasteiger partial charge in [0.1, 0.15) is 0 Å². The molecule has 0 bridgehead atoms. The Hall–Kier alpha value is -0.970. The fourth-order valence-electron chi connectivity index (χ4n) is 1.09. The van der Waals surface area contributed by atoms with Gasteiger partial charge >= 0.3 is 0 Å². The molecule has 1 N–H and O–H groups in total. The molecule has 1 unspecified atom stereocenters. The van der Waals surface area contributed by atoms with Gasteiger partial charge in [-0.05, 0) is 18.6 Å². The molecule has 78 valence electrons. The Morgan fingerprint density at radius 3 is 2.71 bits per heavy atom. The van der Waals surface area contributed by atoms with Gasteiger partial charge in [0.25, 0.3) is 0 Å². The minimum atomic E-state index is -0.423. The van der Waals surface area contributed by atoms with Crippen LogP contribution in [0.25, 0.3) is 0 Å². The summed E-state index contributed by atoms with van der Waals surface area (Å²) in [6, 6.07) is 3.59. The van der Waals surface area contributed by atoms with E-state index in [-0.39, 0.29) is 6.61 Å². The monoisotopic (exact) mass is 197 g/mol. The molecule has 0 aliphatic carbocycles. The topological polar surface area (TPSA) is 51.6 Å². The molecule has 1 atom stereocenters. The van der Waals surface area contributed by atoms with Crippen molar-refractivity contribution in [3.8, 4) is 0 Å². The number of nitrogens with zero attached hydrogens (tertiary/aromatic N) is 1. The van der Waals surface area contributed by atoms with Crippen LogP contribution in [0.15, 0.2) is 18.3 Å². The van der Waals surface area contributed by atoms with E-state index in [0.717, 1.165) is 5.56 Å². The van der Waals surface area contributed by atoms with E-state index in [2.05, 4.69) is 4.98 Å². The number of ether oxygens (including phenoxy) is 2. The zero-order valence-electron chi connectivity index (χ0n) is 8.43. The molecule has 0 saturated heterocycles. The molecule has 0 aromatic carbocycles. The summed E-state index contributed by atoms with van der Waals surface area (Å²) in [6.07, 6.45) is 1.19. The summed E-state index contributed by atoms with van der Waals surface area (Å²) in [5.41, 5.74) is 1.49. The van der Waals surface area contributed by atoms with Gasteiger partial charge in [0, 0.05) is 19.9 Å². The first-order chi connectivity index (χ1) is 6.81. The summed E-state index contributed by atoms with van der Waals surface area (Å²) < 4.78 is 10.4. The molecular formula is C10H15NO3. The first-order valence-electron chi connectivity index (χ1n) is 4.52. The molecule has 0 amide bonds. The van der Waals surface area contributed by atoms with Crippen LogP contribution in [0, 0.1) is 0 Å². The molecule has 0 aliphatic rings. The lowest BCUT2D eigenvalue weighted by atomic mass is 10.2. The highest BCUT2D eigenvalue weighted by atomic mass is 16.7. The van der Waals surface area contributed by atoms with Crippen molar-refractivity contribution in [2.24, 2.45) is 0 Å². The van der Waals surface area contributed by atoms with Crippen LogP contribution >= 0.6 is 0 Å². The second kappa shape index (κ2) is 5.70. The molecule has 0 saturated carbocycles. The number of aromatic nitrogens is 1. The SMILES string of the molecule is CCOC(OC)c1ccc(CO)cn1. The molecule has 0 fully saturated rings. The van der Waals surface area contributed by atoms with Gasteiger partial charge in [-0.3, -0.25) is 4.98 Å². The number of rotatable bonds is 5. The lowest BCUT2D eigenvalue weighted by molar-refractivity contribution is -0.126. The summed E-state index contributed by atoms with van der Waals surface area (Å²) >= 11 is 0. The highest BCUT2D eigenvalue weighted by molar-refractivity contribution is 5.13. The third kappa shape index (κ3) is 2.77. The lowest BCUT2D eigenvalue weighted by Gasteiger charge is -2.14. The molecule has 1 aromatic rings. The van der Waals surface area contributed by atoms with Crippen LogP contribution in [0.3, 0.4) is 0 Å².